The van der Waals surface area contributed by atoms with Crippen molar-refractivity contribution in [3.63, 3.8) is 0 Å². The maximum atomic E-state index is 12.4. The first-order valence-electron chi connectivity index (χ1n) is 10.1. The van der Waals surface area contributed by atoms with E-state index in [4.69, 9.17) is 9.15 Å². The summed E-state index contributed by atoms with van der Waals surface area (Å²) in [6.45, 7) is 1.77. The number of methoxy groups -OCH3 is 1. The summed E-state index contributed by atoms with van der Waals surface area (Å²) >= 11 is 1.28. The summed E-state index contributed by atoms with van der Waals surface area (Å²) in [4.78, 5) is 31.1. The van der Waals surface area contributed by atoms with Crippen LogP contribution in [0.3, 0.4) is 0 Å². The molecule has 31 heavy (non-hydrogen) atoms. The van der Waals surface area contributed by atoms with Crippen LogP contribution in [0.5, 0.6) is 5.75 Å². The molecule has 1 fully saturated rings. The molecule has 0 radical (unpaired) electrons. The third-order valence-electron chi connectivity index (χ3n) is 5.16. The van der Waals surface area contributed by atoms with Crippen LogP contribution in [0.1, 0.15) is 29.1 Å². The third kappa shape index (κ3) is 5.43. The van der Waals surface area contributed by atoms with Crippen molar-refractivity contribution in [2.75, 3.05) is 30.4 Å². The Morgan fingerprint density at radius 3 is 2.68 bits per heavy atom. The van der Waals surface area contributed by atoms with Crippen molar-refractivity contribution in [2.45, 2.75) is 25.3 Å². The lowest BCUT2D eigenvalue weighted by Crippen LogP contribution is -2.45. The van der Waals surface area contributed by atoms with Crippen LogP contribution in [-0.4, -0.2) is 43.0 Å². The van der Waals surface area contributed by atoms with Crippen LogP contribution in [0.2, 0.25) is 0 Å². The second-order valence-electron chi connectivity index (χ2n) is 7.28. The highest BCUT2D eigenvalue weighted by atomic mass is 32.1. The Morgan fingerprint density at radius 2 is 2.00 bits per heavy atom. The van der Waals surface area contributed by atoms with Crippen molar-refractivity contribution in [3.8, 4) is 5.75 Å². The Balaban J connectivity index is 1.22. The first-order valence-corrected chi connectivity index (χ1v) is 11.0. The number of carbonyl (C=O) groups excluding carboxylic acids is 2. The summed E-state index contributed by atoms with van der Waals surface area (Å²) in [6.07, 6.45) is 3.40. The zero-order chi connectivity index (χ0) is 21.6. The minimum atomic E-state index is -0.362. The van der Waals surface area contributed by atoms with Gasteiger partial charge in [0.15, 0.2) is 10.9 Å². The molecule has 162 valence electrons. The molecule has 3 heterocycles. The topological polar surface area (TPSA) is 96.7 Å². The number of benzene rings is 1. The Kier molecular flexibility index (Phi) is 6.51. The van der Waals surface area contributed by atoms with E-state index in [1.165, 1.54) is 17.6 Å². The lowest BCUT2D eigenvalue weighted by molar-refractivity contribution is -0.121. The number of hydrogen-bond acceptors (Lipinski definition) is 7. The monoisotopic (exact) mass is 440 g/mol. The molecular formula is C22H24N4O4S. The summed E-state index contributed by atoms with van der Waals surface area (Å²) in [5, 5.41) is 8.01. The zero-order valence-corrected chi connectivity index (χ0v) is 18.0. The number of anilines is 2. The molecule has 0 unspecified atom stereocenters. The average molecular weight is 441 g/mol. The fourth-order valence-electron chi connectivity index (χ4n) is 3.53. The van der Waals surface area contributed by atoms with Crippen LogP contribution in [0.15, 0.2) is 52.5 Å². The molecule has 0 aliphatic carbocycles. The van der Waals surface area contributed by atoms with Gasteiger partial charge in [0.1, 0.15) is 5.75 Å². The minimum absolute atomic E-state index is 0.0582. The number of piperidine rings is 1. The van der Waals surface area contributed by atoms with Crippen molar-refractivity contribution < 1.29 is 18.7 Å². The summed E-state index contributed by atoms with van der Waals surface area (Å²) < 4.78 is 10.3. The molecule has 2 N–H and O–H groups in total. The van der Waals surface area contributed by atoms with Gasteiger partial charge in [0.25, 0.3) is 5.91 Å². The maximum Gasteiger partial charge on any atom is 0.293 e. The predicted octanol–water partition coefficient (Wildman–Crippen LogP) is 3.32. The molecular weight excluding hydrogens is 416 g/mol. The molecule has 2 amide bonds. The molecule has 8 nitrogen and oxygen atoms in total. The lowest BCUT2D eigenvalue weighted by Gasteiger charge is -2.34. The SMILES string of the molecule is COc1ccc(N2CCC(NC(=O)Cc3csc(NC(=O)c4ccco4)n3)CC2)cc1. The Labute approximate surface area is 184 Å². The summed E-state index contributed by atoms with van der Waals surface area (Å²) in [6, 6.07) is 11.4. The number of amides is 2. The molecule has 4 rings (SSSR count). The highest BCUT2D eigenvalue weighted by Crippen LogP contribution is 2.23. The van der Waals surface area contributed by atoms with E-state index in [0.717, 1.165) is 37.4 Å². The van der Waals surface area contributed by atoms with E-state index >= 15 is 0 Å². The molecule has 1 aromatic carbocycles. The minimum Gasteiger partial charge on any atom is -0.497 e. The molecule has 0 saturated carbocycles. The van der Waals surface area contributed by atoms with Crippen molar-refractivity contribution in [3.05, 3.63) is 59.5 Å². The number of nitrogens with zero attached hydrogens (tertiary/aromatic N) is 2. The Hall–Kier alpha value is -3.33. The fraction of sp³-hybridized carbons (Fsp3) is 0.318. The van der Waals surface area contributed by atoms with Crippen LogP contribution in [-0.2, 0) is 11.2 Å². The molecule has 0 bridgehead atoms. The van der Waals surface area contributed by atoms with Crippen LogP contribution in [0, 0.1) is 0 Å². The first-order chi connectivity index (χ1) is 15.1. The number of rotatable bonds is 7. The normalized spacial score (nSPS) is 14.3. The predicted molar refractivity (Wildman–Crippen MR) is 119 cm³/mol. The van der Waals surface area contributed by atoms with Gasteiger partial charge < -0.3 is 19.4 Å². The summed E-state index contributed by atoms with van der Waals surface area (Å²) in [7, 11) is 1.66. The van der Waals surface area contributed by atoms with Gasteiger partial charge in [0.05, 0.1) is 25.5 Å². The van der Waals surface area contributed by atoms with Gasteiger partial charge >= 0.3 is 0 Å². The van der Waals surface area contributed by atoms with Crippen LogP contribution >= 0.6 is 11.3 Å². The van der Waals surface area contributed by atoms with Gasteiger partial charge in [-0.1, -0.05) is 0 Å². The van der Waals surface area contributed by atoms with E-state index in [1.54, 1.807) is 24.6 Å². The number of hydrogen-bond donors (Lipinski definition) is 2. The average Bonchev–Trinajstić information content (AvgIpc) is 3.47. The number of nitrogens with one attached hydrogen (secondary N) is 2. The molecule has 3 aromatic rings. The number of thiazole rings is 1. The van der Waals surface area contributed by atoms with Crippen molar-refractivity contribution in [2.24, 2.45) is 0 Å². The maximum absolute atomic E-state index is 12.4. The zero-order valence-electron chi connectivity index (χ0n) is 17.2. The second kappa shape index (κ2) is 9.65. The summed E-state index contributed by atoms with van der Waals surface area (Å²) in [5.74, 6) is 0.642. The van der Waals surface area contributed by atoms with Gasteiger partial charge in [-0.15, -0.1) is 11.3 Å². The number of aromatic nitrogens is 1. The first kappa shape index (κ1) is 20.9. The molecule has 1 aliphatic rings. The van der Waals surface area contributed by atoms with Gasteiger partial charge in [-0.2, -0.15) is 0 Å². The molecule has 1 aliphatic heterocycles. The van der Waals surface area contributed by atoms with Crippen LogP contribution in [0.4, 0.5) is 10.8 Å². The number of ether oxygens (including phenoxy) is 1. The largest absolute Gasteiger partial charge is 0.497 e. The van der Waals surface area contributed by atoms with E-state index in [1.807, 2.05) is 12.1 Å². The molecule has 0 atom stereocenters. The second-order valence-corrected chi connectivity index (χ2v) is 8.14. The smallest absolute Gasteiger partial charge is 0.293 e. The van der Waals surface area contributed by atoms with E-state index in [9.17, 15) is 9.59 Å². The fourth-order valence-corrected chi connectivity index (χ4v) is 4.24. The Morgan fingerprint density at radius 1 is 1.23 bits per heavy atom. The quantitative estimate of drug-likeness (QED) is 0.585. The van der Waals surface area contributed by atoms with E-state index in [0.29, 0.717) is 10.8 Å². The number of carbonyl (C=O) groups is 2. The van der Waals surface area contributed by atoms with Crippen LogP contribution in [0.25, 0.3) is 0 Å². The van der Waals surface area contributed by atoms with E-state index < -0.39 is 0 Å². The Bertz CT molecular complexity index is 1010. The third-order valence-corrected chi connectivity index (χ3v) is 5.96. The standard InChI is InChI=1S/C22H24N4O4S/c1-29-18-6-4-17(5-7-18)26-10-8-15(9-11-26)23-20(27)13-16-14-31-22(24-16)25-21(28)19-3-2-12-30-19/h2-7,12,14-15H,8-11,13H2,1H3,(H,23,27)(H,24,25,28). The molecule has 0 spiro atoms. The van der Waals surface area contributed by atoms with Gasteiger partial charge in [-0.3, -0.25) is 14.9 Å². The number of furan rings is 1. The lowest BCUT2D eigenvalue weighted by atomic mass is 10.0. The highest BCUT2D eigenvalue weighted by Gasteiger charge is 2.21. The van der Waals surface area contributed by atoms with Gasteiger partial charge in [0, 0.05) is 30.2 Å². The van der Waals surface area contributed by atoms with Crippen molar-refractivity contribution >= 4 is 34.0 Å². The van der Waals surface area contributed by atoms with Gasteiger partial charge in [-0.05, 0) is 49.2 Å². The highest BCUT2D eigenvalue weighted by molar-refractivity contribution is 7.14. The van der Waals surface area contributed by atoms with Crippen molar-refractivity contribution in [1.29, 1.82) is 0 Å². The van der Waals surface area contributed by atoms with E-state index in [2.05, 4.69) is 32.7 Å². The van der Waals surface area contributed by atoms with Crippen LogP contribution < -0.4 is 20.3 Å². The van der Waals surface area contributed by atoms with Crippen molar-refractivity contribution in [1.82, 2.24) is 10.3 Å². The van der Waals surface area contributed by atoms with Gasteiger partial charge in [-0.25, -0.2) is 4.98 Å². The van der Waals surface area contributed by atoms with E-state index in [-0.39, 0.29) is 30.0 Å². The molecule has 1 saturated heterocycles. The summed E-state index contributed by atoms with van der Waals surface area (Å²) in [5.41, 5.74) is 1.80. The molecule has 9 heteroatoms. The molecule has 2 aromatic heterocycles. The van der Waals surface area contributed by atoms with Gasteiger partial charge in [0.2, 0.25) is 5.91 Å².